The zero-order chi connectivity index (χ0) is 12.9. The Morgan fingerprint density at radius 1 is 1.47 bits per heavy atom. The van der Waals surface area contributed by atoms with Gasteiger partial charge in [-0.05, 0) is 39.2 Å². The van der Waals surface area contributed by atoms with E-state index < -0.39 is 17.7 Å². The van der Waals surface area contributed by atoms with Crippen LogP contribution in [-0.2, 0) is 9.53 Å². The van der Waals surface area contributed by atoms with E-state index in [9.17, 15) is 9.59 Å². The summed E-state index contributed by atoms with van der Waals surface area (Å²) in [6.07, 6.45) is 7.63. The number of carbonyl (C=O) groups excluding carboxylic acids is 2. The number of alkyl carbamates (subject to hydrolysis) is 1. The molecule has 0 fully saturated rings. The van der Waals surface area contributed by atoms with Crippen molar-refractivity contribution < 1.29 is 14.3 Å². The number of nitrogens with one attached hydrogen (secondary N) is 1. The molecule has 1 unspecified atom stereocenters. The fraction of sp³-hybridized carbons (Fsp3) is 0.538. The number of hydrogen-bond acceptors (Lipinski definition) is 3. The van der Waals surface area contributed by atoms with Crippen LogP contribution in [0.5, 0.6) is 0 Å². The maximum atomic E-state index is 11.5. The molecule has 4 nitrogen and oxygen atoms in total. The van der Waals surface area contributed by atoms with Gasteiger partial charge in [0.15, 0.2) is 0 Å². The second kappa shape index (κ2) is 5.66. The van der Waals surface area contributed by atoms with Crippen LogP contribution in [0.2, 0.25) is 0 Å². The van der Waals surface area contributed by atoms with Gasteiger partial charge in [0.05, 0.1) is 0 Å². The molecule has 0 saturated heterocycles. The summed E-state index contributed by atoms with van der Waals surface area (Å²) in [5.41, 5.74) is 0.353. The van der Waals surface area contributed by atoms with E-state index in [4.69, 9.17) is 4.74 Å². The standard InChI is InChI=1S/C13H19NO3/c1-13(2,3)17-12(16)14-11(9-15)10-7-5-4-6-8-10/h4-5,8-9,11H,6-7H2,1-3H3,(H,14,16). The van der Waals surface area contributed by atoms with Crippen molar-refractivity contribution in [1.82, 2.24) is 5.32 Å². The van der Waals surface area contributed by atoms with E-state index in [-0.39, 0.29) is 0 Å². The highest BCUT2D eigenvalue weighted by molar-refractivity contribution is 5.76. The van der Waals surface area contributed by atoms with Crippen LogP contribution in [0.1, 0.15) is 33.6 Å². The third-order valence-corrected chi connectivity index (χ3v) is 2.24. The molecule has 0 aromatic rings. The maximum Gasteiger partial charge on any atom is 0.408 e. The Bertz CT molecular complexity index is 350. The van der Waals surface area contributed by atoms with Gasteiger partial charge in [0.1, 0.15) is 17.9 Å². The summed E-state index contributed by atoms with van der Waals surface area (Å²) >= 11 is 0. The third kappa shape index (κ3) is 4.85. The summed E-state index contributed by atoms with van der Waals surface area (Å²) in [6, 6.07) is -0.588. The van der Waals surface area contributed by atoms with Crippen LogP contribution in [0.3, 0.4) is 0 Å². The molecular weight excluding hydrogens is 218 g/mol. The van der Waals surface area contributed by atoms with Crippen molar-refractivity contribution in [3.63, 3.8) is 0 Å². The molecular formula is C13H19NO3. The lowest BCUT2D eigenvalue weighted by atomic mass is 9.99. The molecule has 1 aliphatic rings. The van der Waals surface area contributed by atoms with Gasteiger partial charge in [0.2, 0.25) is 0 Å². The summed E-state index contributed by atoms with van der Waals surface area (Å²) < 4.78 is 5.11. The quantitative estimate of drug-likeness (QED) is 0.605. The topological polar surface area (TPSA) is 55.4 Å². The van der Waals surface area contributed by atoms with Crippen LogP contribution in [0, 0.1) is 0 Å². The minimum absolute atomic E-state index is 0.557. The predicted molar refractivity (Wildman–Crippen MR) is 65.7 cm³/mol. The van der Waals surface area contributed by atoms with E-state index in [2.05, 4.69) is 5.32 Å². The van der Waals surface area contributed by atoms with Crippen LogP contribution in [0.15, 0.2) is 23.8 Å². The molecule has 1 atom stereocenters. The molecule has 0 bridgehead atoms. The summed E-state index contributed by atoms with van der Waals surface area (Å²) in [4.78, 5) is 22.5. The van der Waals surface area contributed by atoms with E-state index in [0.717, 1.165) is 18.3 Å². The molecule has 0 aromatic carbocycles. The van der Waals surface area contributed by atoms with Gasteiger partial charge in [0.25, 0.3) is 0 Å². The Hall–Kier alpha value is -1.58. The summed E-state index contributed by atoms with van der Waals surface area (Å²) in [5.74, 6) is 0. The minimum Gasteiger partial charge on any atom is -0.444 e. The lowest BCUT2D eigenvalue weighted by Crippen LogP contribution is -2.41. The highest BCUT2D eigenvalue weighted by Crippen LogP contribution is 2.14. The van der Waals surface area contributed by atoms with E-state index in [0.29, 0.717) is 6.42 Å². The SMILES string of the molecule is CC(C)(C)OC(=O)NC(C=O)C1=CCC=CC1. The van der Waals surface area contributed by atoms with Crippen LogP contribution in [-0.4, -0.2) is 24.0 Å². The first-order valence-corrected chi connectivity index (χ1v) is 5.71. The molecule has 94 valence electrons. The first-order chi connectivity index (χ1) is 7.92. The fourth-order valence-electron chi connectivity index (χ4n) is 1.52. The van der Waals surface area contributed by atoms with Gasteiger partial charge >= 0.3 is 6.09 Å². The van der Waals surface area contributed by atoms with Gasteiger partial charge < -0.3 is 14.8 Å². The van der Waals surface area contributed by atoms with Crippen molar-refractivity contribution in [2.75, 3.05) is 0 Å². The molecule has 1 rings (SSSR count). The maximum absolute atomic E-state index is 11.5. The molecule has 1 aliphatic carbocycles. The zero-order valence-electron chi connectivity index (χ0n) is 10.5. The molecule has 0 radical (unpaired) electrons. The Morgan fingerprint density at radius 2 is 2.18 bits per heavy atom. The predicted octanol–water partition coefficient (Wildman–Crippen LogP) is 2.36. The van der Waals surface area contributed by atoms with Gasteiger partial charge in [-0.2, -0.15) is 0 Å². The molecule has 1 N–H and O–H groups in total. The number of aldehydes is 1. The Morgan fingerprint density at radius 3 is 2.65 bits per heavy atom. The van der Waals surface area contributed by atoms with Crippen LogP contribution < -0.4 is 5.32 Å². The second-order valence-corrected chi connectivity index (χ2v) is 4.95. The third-order valence-electron chi connectivity index (χ3n) is 2.24. The Kier molecular flexibility index (Phi) is 4.49. The monoisotopic (exact) mass is 237 g/mol. The van der Waals surface area contributed by atoms with Gasteiger partial charge in [0, 0.05) is 0 Å². The molecule has 4 heteroatoms. The summed E-state index contributed by atoms with van der Waals surface area (Å²) in [6.45, 7) is 5.35. The van der Waals surface area contributed by atoms with Crippen molar-refractivity contribution in [1.29, 1.82) is 0 Å². The molecule has 0 heterocycles. The van der Waals surface area contributed by atoms with Gasteiger partial charge in [-0.25, -0.2) is 4.79 Å². The molecule has 17 heavy (non-hydrogen) atoms. The average Bonchev–Trinajstić information content (AvgIpc) is 2.24. The number of allylic oxidation sites excluding steroid dienone is 3. The minimum atomic E-state index is -0.588. The number of rotatable bonds is 3. The largest absolute Gasteiger partial charge is 0.444 e. The van der Waals surface area contributed by atoms with Crippen molar-refractivity contribution in [2.45, 2.75) is 45.3 Å². The van der Waals surface area contributed by atoms with Crippen LogP contribution >= 0.6 is 0 Å². The molecule has 0 aliphatic heterocycles. The molecule has 1 amide bonds. The van der Waals surface area contributed by atoms with Crippen LogP contribution in [0.25, 0.3) is 0 Å². The van der Waals surface area contributed by atoms with Gasteiger partial charge in [-0.15, -0.1) is 0 Å². The van der Waals surface area contributed by atoms with Crippen LogP contribution in [0.4, 0.5) is 4.79 Å². The van der Waals surface area contributed by atoms with Crippen molar-refractivity contribution >= 4 is 12.4 Å². The number of carbonyl (C=O) groups is 2. The van der Waals surface area contributed by atoms with E-state index in [1.165, 1.54) is 0 Å². The average molecular weight is 237 g/mol. The van der Waals surface area contributed by atoms with Crippen molar-refractivity contribution in [3.05, 3.63) is 23.8 Å². The van der Waals surface area contributed by atoms with Crippen molar-refractivity contribution in [3.8, 4) is 0 Å². The fourth-order valence-corrected chi connectivity index (χ4v) is 1.52. The zero-order valence-corrected chi connectivity index (χ0v) is 10.5. The Balaban J connectivity index is 2.55. The first kappa shape index (κ1) is 13.5. The highest BCUT2D eigenvalue weighted by atomic mass is 16.6. The number of amides is 1. The lowest BCUT2D eigenvalue weighted by Gasteiger charge is -2.22. The first-order valence-electron chi connectivity index (χ1n) is 5.71. The molecule has 0 saturated carbocycles. The van der Waals surface area contributed by atoms with Crippen molar-refractivity contribution in [2.24, 2.45) is 0 Å². The summed E-state index contributed by atoms with van der Waals surface area (Å²) in [7, 11) is 0. The molecule has 0 aromatic heterocycles. The van der Waals surface area contributed by atoms with Gasteiger partial charge in [-0.3, -0.25) is 0 Å². The van der Waals surface area contributed by atoms with E-state index >= 15 is 0 Å². The molecule has 0 spiro atoms. The Labute approximate surface area is 102 Å². The van der Waals surface area contributed by atoms with E-state index in [1.54, 1.807) is 20.8 Å². The smallest absolute Gasteiger partial charge is 0.408 e. The summed E-state index contributed by atoms with van der Waals surface area (Å²) in [5, 5.41) is 2.56. The lowest BCUT2D eigenvalue weighted by molar-refractivity contribution is -0.108. The van der Waals surface area contributed by atoms with Gasteiger partial charge in [-0.1, -0.05) is 18.2 Å². The second-order valence-electron chi connectivity index (χ2n) is 4.95. The normalized spacial score (nSPS) is 17.0. The number of ether oxygens (including phenoxy) is 1. The highest BCUT2D eigenvalue weighted by Gasteiger charge is 2.21. The number of hydrogen-bond donors (Lipinski definition) is 1. The van der Waals surface area contributed by atoms with E-state index in [1.807, 2.05) is 18.2 Å².